The molecule has 3 N–H and O–H groups in total. The van der Waals surface area contributed by atoms with Crippen molar-refractivity contribution in [2.45, 2.75) is 12.5 Å². The lowest BCUT2D eigenvalue weighted by Crippen LogP contribution is -2.06. The molecule has 0 aliphatic heterocycles. The van der Waals surface area contributed by atoms with E-state index in [0.717, 1.165) is 0 Å². The molecule has 0 saturated carbocycles. The lowest BCUT2D eigenvalue weighted by atomic mass is 10.1. The summed E-state index contributed by atoms with van der Waals surface area (Å²) in [6.07, 6.45) is -0.217. The second-order valence-electron chi connectivity index (χ2n) is 2.77. The monoisotopic (exact) mass is 203 g/mol. The predicted molar refractivity (Wildman–Crippen MR) is 50.0 cm³/mol. The van der Waals surface area contributed by atoms with Crippen LogP contribution in [0.4, 0.5) is 4.39 Å². The van der Waals surface area contributed by atoms with Crippen molar-refractivity contribution in [3.05, 3.63) is 34.6 Å². The van der Waals surface area contributed by atoms with Gasteiger partial charge in [-0.1, -0.05) is 17.7 Å². The zero-order valence-electron chi connectivity index (χ0n) is 7.00. The van der Waals surface area contributed by atoms with Crippen LogP contribution in [-0.4, -0.2) is 11.7 Å². The van der Waals surface area contributed by atoms with Crippen LogP contribution in [0, 0.1) is 5.82 Å². The summed E-state index contributed by atoms with van der Waals surface area (Å²) in [6.45, 7) is 0.385. The van der Waals surface area contributed by atoms with Crippen molar-refractivity contribution in [3.8, 4) is 0 Å². The maximum Gasteiger partial charge on any atom is 0.141 e. The van der Waals surface area contributed by atoms with Crippen LogP contribution in [0.2, 0.25) is 5.02 Å². The van der Waals surface area contributed by atoms with Crippen molar-refractivity contribution in [1.82, 2.24) is 0 Å². The summed E-state index contributed by atoms with van der Waals surface area (Å²) in [5, 5.41) is 9.50. The zero-order chi connectivity index (χ0) is 9.84. The third-order valence-electron chi connectivity index (χ3n) is 1.77. The summed E-state index contributed by atoms with van der Waals surface area (Å²) < 4.78 is 12.7. The van der Waals surface area contributed by atoms with Crippen LogP contribution in [0.25, 0.3) is 0 Å². The molecule has 1 rings (SSSR count). The molecule has 1 aromatic carbocycles. The first-order valence-electron chi connectivity index (χ1n) is 3.98. The first-order valence-corrected chi connectivity index (χ1v) is 4.36. The van der Waals surface area contributed by atoms with Crippen molar-refractivity contribution in [3.63, 3.8) is 0 Å². The van der Waals surface area contributed by atoms with E-state index >= 15 is 0 Å². The van der Waals surface area contributed by atoms with Crippen LogP contribution < -0.4 is 5.73 Å². The number of aliphatic hydroxyl groups excluding tert-OH is 1. The topological polar surface area (TPSA) is 46.2 Å². The van der Waals surface area contributed by atoms with E-state index in [2.05, 4.69) is 0 Å². The van der Waals surface area contributed by atoms with Crippen molar-refractivity contribution in [2.75, 3.05) is 6.54 Å². The minimum atomic E-state index is -0.664. The van der Waals surface area contributed by atoms with Gasteiger partial charge in [-0.05, 0) is 30.7 Å². The summed E-state index contributed by atoms with van der Waals surface area (Å²) in [7, 11) is 0. The Hall–Kier alpha value is -0.640. The summed E-state index contributed by atoms with van der Waals surface area (Å²) >= 11 is 5.54. The second-order valence-corrected chi connectivity index (χ2v) is 3.17. The number of nitrogens with two attached hydrogens (primary N) is 1. The molecular weight excluding hydrogens is 193 g/mol. The number of rotatable bonds is 3. The van der Waals surface area contributed by atoms with Gasteiger partial charge < -0.3 is 10.8 Å². The average molecular weight is 204 g/mol. The van der Waals surface area contributed by atoms with Gasteiger partial charge in [0.25, 0.3) is 0 Å². The molecule has 0 amide bonds. The van der Waals surface area contributed by atoms with Gasteiger partial charge in [0.1, 0.15) is 5.82 Å². The molecule has 1 aromatic rings. The Bertz CT molecular complexity index is 293. The van der Waals surface area contributed by atoms with Gasteiger partial charge in [-0.15, -0.1) is 0 Å². The van der Waals surface area contributed by atoms with Gasteiger partial charge in [0, 0.05) is 0 Å². The highest BCUT2D eigenvalue weighted by Gasteiger charge is 2.08. The molecule has 0 aliphatic carbocycles. The molecule has 0 fully saturated rings. The molecule has 0 unspecified atom stereocenters. The standard InChI is InChI=1S/C9H11ClFNO/c10-7-5-6(1-2-8(7)11)9(13)3-4-12/h1-2,5,9,13H,3-4,12H2/t9-/m1/s1. The van der Waals surface area contributed by atoms with Gasteiger partial charge in [0.15, 0.2) is 0 Å². The van der Waals surface area contributed by atoms with E-state index < -0.39 is 11.9 Å². The fourth-order valence-electron chi connectivity index (χ4n) is 1.04. The molecule has 0 saturated heterocycles. The Morgan fingerprint density at radius 1 is 1.54 bits per heavy atom. The largest absolute Gasteiger partial charge is 0.388 e. The summed E-state index contributed by atoms with van der Waals surface area (Å²) in [5.41, 5.74) is 5.86. The van der Waals surface area contributed by atoms with Crippen LogP contribution >= 0.6 is 11.6 Å². The van der Waals surface area contributed by atoms with Crippen molar-refractivity contribution < 1.29 is 9.50 Å². The van der Waals surface area contributed by atoms with Crippen LogP contribution in [0.1, 0.15) is 18.1 Å². The van der Waals surface area contributed by atoms with E-state index in [4.69, 9.17) is 17.3 Å². The van der Waals surface area contributed by atoms with Crippen molar-refractivity contribution in [1.29, 1.82) is 0 Å². The molecular formula is C9H11ClFNO. The molecule has 0 aliphatic rings. The Kier molecular flexibility index (Phi) is 3.66. The van der Waals surface area contributed by atoms with Crippen LogP contribution in [0.3, 0.4) is 0 Å². The van der Waals surface area contributed by atoms with Gasteiger partial charge in [0.2, 0.25) is 0 Å². The number of aliphatic hydroxyl groups is 1. The summed E-state index contributed by atoms with van der Waals surface area (Å²) in [6, 6.07) is 4.15. The van der Waals surface area contributed by atoms with E-state index in [-0.39, 0.29) is 5.02 Å². The number of halogens is 2. The molecule has 0 aromatic heterocycles. The average Bonchev–Trinajstić information content (AvgIpc) is 2.10. The molecule has 0 radical (unpaired) electrons. The maximum atomic E-state index is 12.7. The van der Waals surface area contributed by atoms with Gasteiger partial charge in [-0.3, -0.25) is 0 Å². The summed E-state index contributed by atoms with van der Waals surface area (Å²) in [5.74, 6) is -0.481. The maximum absolute atomic E-state index is 12.7. The lowest BCUT2D eigenvalue weighted by molar-refractivity contribution is 0.170. The minimum Gasteiger partial charge on any atom is -0.388 e. The number of hydrogen-bond donors (Lipinski definition) is 2. The molecule has 1 atom stereocenters. The fourth-order valence-corrected chi connectivity index (χ4v) is 1.23. The van der Waals surface area contributed by atoms with Crippen LogP contribution in [0.5, 0.6) is 0 Å². The Morgan fingerprint density at radius 3 is 2.77 bits per heavy atom. The van der Waals surface area contributed by atoms with E-state index in [1.54, 1.807) is 0 Å². The van der Waals surface area contributed by atoms with Gasteiger partial charge in [-0.25, -0.2) is 4.39 Å². The third-order valence-corrected chi connectivity index (χ3v) is 2.06. The quantitative estimate of drug-likeness (QED) is 0.788. The first-order chi connectivity index (χ1) is 6.15. The predicted octanol–water partition coefficient (Wildman–Crippen LogP) is 1.86. The second kappa shape index (κ2) is 4.56. The van der Waals surface area contributed by atoms with Crippen molar-refractivity contribution in [2.24, 2.45) is 5.73 Å². The Labute approximate surface area is 81.1 Å². The van der Waals surface area contributed by atoms with E-state index in [1.165, 1.54) is 18.2 Å². The van der Waals surface area contributed by atoms with Crippen LogP contribution in [0.15, 0.2) is 18.2 Å². The third kappa shape index (κ3) is 2.66. The van der Waals surface area contributed by atoms with E-state index in [0.29, 0.717) is 18.5 Å². The molecule has 0 spiro atoms. The van der Waals surface area contributed by atoms with Crippen molar-refractivity contribution >= 4 is 11.6 Å². The number of benzene rings is 1. The SMILES string of the molecule is NCC[C@@H](O)c1ccc(F)c(Cl)c1. The smallest absolute Gasteiger partial charge is 0.141 e. The normalized spacial score (nSPS) is 12.9. The molecule has 0 heterocycles. The van der Waals surface area contributed by atoms with Gasteiger partial charge in [-0.2, -0.15) is 0 Å². The van der Waals surface area contributed by atoms with Gasteiger partial charge >= 0.3 is 0 Å². The summed E-state index contributed by atoms with van der Waals surface area (Å²) in [4.78, 5) is 0. The first kappa shape index (κ1) is 10.4. The highest BCUT2D eigenvalue weighted by molar-refractivity contribution is 6.30. The minimum absolute atomic E-state index is 0.0218. The van der Waals surface area contributed by atoms with Gasteiger partial charge in [0.05, 0.1) is 11.1 Å². The molecule has 0 bridgehead atoms. The highest BCUT2D eigenvalue weighted by Crippen LogP contribution is 2.22. The lowest BCUT2D eigenvalue weighted by Gasteiger charge is -2.09. The molecule has 2 nitrogen and oxygen atoms in total. The Balaban J connectivity index is 2.84. The Morgan fingerprint density at radius 2 is 2.23 bits per heavy atom. The zero-order valence-corrected chi connectivity index (χ0v) is 7.76. The van der Waals surface area contributed by atoms with Crippen LogP contribution in [-0.2, 0) is 0 Å². The fraction of sp³-hybridized carbons (Fsp3) is 0.333. The molecule has 13 heavy (non-hydrogen) atoms. The number of hydrogen-bond acceptors (Lipinski definition) is 2. The molecule has 72 valence electrons. The van der Waals surface area contributed by atoms with E-state index in [9.17, 15) is 9.50 Å². The highest BCUT2D eigenvalue weighted by atomic mass is 35.5. The van der Waals surface area contributed by atoms with E-state index in [1.807, 2.05) is 0 Å². The molecule has 4 heteroatoms.